The summed E-state index contributed by atoms with van der Waals surface area (Å²) < 4.78 is 11.0. The average molecular weight is 478 g/mol. The summed E-state index contributed by atoms with van der Waals surface area (Å²) in [6.07, 6.45) is 1.78. The molecule has 3 aromatic rings. The topological polar surface area (TPSA) is 68.1 Å². The Morgan fingerprint density at radius 2 is 1.76 bits per heavy atom. The monoisotopic (exact) mass is 477 g/mol. The van der Waals surface area contributed by atoms with Gasteiger partial charge >= 0.3 is 5.97 Å². The fourth-order valence-corrected chi connectivity index (χ4v) is 4.23. The fraction of sp³-hybridized carbons (Fsp3) is 0.0769. The molecule has 0 aromatic heterocycles. The molecular formula is C26H20ClNO4S. The molecule has 0 radical (unpaired) electrons. The zero-order chi connectivity index (χ0) is 23.2. The number of hydrogen-bond donors (Lipinski definition) is 1. The molecule has 0 amide bonds. The third-order valence-corrected chi connectivity index (χ3v) is 5.83. The van der Waals surface area contributed by atoms with Gasteiger partial charge in [0, 0.05) is 5.02 Å². The minimum Gasteiger partial charge on any atom is -0.506 e. The molecule has 0 atom stereocenters. The zero-order valence-electron chi connectivity index (χ0n) is 17.7. The van der Waals surface area contributed by atoms with Crippen LogP contribution in [-0.4, -0.2) is 22.7 Å². The number of hydrogen-bond acceptors (Lipinski definition) is 6. The fourth-order valence-electron chi connectivity index (χ4n) is 3.07. The maximum absolute atomic E-state index is 12.6. The van der Waals surface area contributed by atoms with Gasteiger partial charge in [0.1, 0.15) is 27.9 Å². The third kappa shape index (κ3) is 5.66. The summed E-state index contributed by atoms with van der Waals surface area (Å²) in [6, 6.07) is 23.8. The number of rotatable bonds is 6. The van der Waals surface area contributed by atoms with Crippen molar-refractivity contribution in [3.63, 3.8) is 0 Å². The summed E-state index contributed by atoms with van der Waals surface area (Å²) in [7, 11) is 0. The van der Waals surface area contributed by atoms with Crippen molar-refractivity contribution in [3.8, 4) is 11.5 Å². The smallest absolute Gasteiger partial charge is 0.344 e. The van der Waals surface area contributed by atoms with E-state index in [2.05, 4.69) is 4.99 Å². The Morgan fingerprint density at radius 3 is 2.48 bits per heavy atom. The van der Waals surface area contributed by atoms with Crippen molar-refractivity contribution in [2.75, 3.05) is 6.61 Å². The van der Waals surface area contributed by atoms with Crippen LogP contribution >= 0.6 is 23.4 Å². The highest BCUT2D eigenvalue weighted by atomic mass is 35.5. The Morgan fingerprint density at radius 1 is 1.03 bits per heavy atom. The van der Waals surface area contributed by atoms with E-state index < -0.39 is 5.97 Å². The number of ether oxygens (including phenoxy) is 2. The molecular weight excluding hydrogens is 458 g/mol. The van der Waals surface area contributed by atoms with Crippen LogP contribution in [0, 0.1) is 0 Å². The number of aliphatic imine (C=N–C) groups is 1. The number of esters is 1. The highest BCUT2D eigenvalue weighted by molar-refractivity contribution is 8.18. The van der Waals surface area contributed by atoms with Crippen LogP contribution in [0.25, 0.3) is 6.08 Å². The molecule has 0 spiro atoms. The van der Waals surface area contributed by atoms with Crippen LogP contribution in [0.5, 0.6) is 11.5 Å². The Hall–Kier alpha value is -3.48. The van der Waals surface area contributed by atoms with Crippen LogP contribution in [0.15, 0.2) is 100 Å². The molecule has 7 heteroatoms. The summed E-state index contributed by atoms with van der Waals surface area (Å²) in [5, 5.41) is 11.8. The Kier molecular flexibility index (Phi) is 7.17. The van der Waals surface area contributed by atoms with Crippen LogP contribution in [0.2, 0.25) is 5.02 Å². The molecule has 5 nitrogen and oxygen atoms in total. The van der Waals surface area contributed by atoms with Gasteiger partial charge in [-0.05, 0) is 67.1 Å². The van der Waals surface area contributed by atoms with Gasteiger partial charge in [-0.2, -0.15) is 0 Å². The predicted octanol–water partition coefficient (Wildman–Crippen LogP) is 7.33. The van der Waals surface area contributed by atoms with Crippen molar-refractivity contribution in [3.05, 3.63) is 106 Å². The van der Waals surface area contributed by atoms with Crippen LogP contribution in [0.1, 0.15) is 12.5 Å². The number of aliphatic hydroxyl groups excluding tert-OH is 1. The maximum atomic E-state index is 12.6. The first-order valence-corrected chi connectivity index (χ1v) is 11.4. The lowest BCUT2D eigenvalue weighted by molar-refractivity contribution is -0.138. The normalized spacial score (nSPS) is 15.8. The first kappa shape index (κ1) is 22.7. The van der Waals surface area contributed by atoms with E-state index in [1.807, 2.05) is 54.6 Å². The molecule has 0 saturated carbocycles. The van der Waals surface area contributed by atoms with Gasteiger partial charge in [-0.3, -0.25) is 0 Å². The standard InChI is InChI=1S/C26H20ClNO4S/c1-2-31-26(30)23-24(29)22(33-25(23)28-19-13-11-18(27)12-14-19)16-17-7-6-10-21(15-17)32-20-8-4-3-5-9-20/h3-16,29H,2H2,1H3. The first-order valence-electron chi connectivity index (χ1n) is 10.2. The molecule has 33 heavy (non-hydrogen) atoms. The average Bonchev–Trinajstić information content (AvgIpc) is 3.11. The molecule has 4 rings (SSSR count). The van der Waals surface area contributed by atoms with Gasteiger partial charge in [0.05, 0.1) is 17.2 Å². The van der Waals surface area contributed by atoms with Crippen molar-refractivity contribution in [1.82, 2.24) is 0 Å². The summed E-state index contributed by atoms with van der Waals surface area (Å²) in [6.45, 7) is 1.90. The van der Waals surface area contributed by atoms with E-state index in [0.29, 0.717) is 26.4 Å². The quantitative estimate of drug-likeness (QED) is 0.376. The number of carbonyl (C=O) groups is 1. The van der Waals surface area contributed by atoms with E-state index >= 15 is 0 Å². The van der Waals surface area contributed by atoms with Crippen LogP contribution in [0.3, 0.4) is 0 Å². The van der Waals surface area contributed by atoms with Crippen molar-refractivity contribution < 1.29 is 19.4 Å². The lowest BCUT2D eigenvalue weighted by Gasteiger charge is -2.06. The van der Waals surface area contributed by atoms with Crippen molar-refractivity contribution in [2.24, 2.45) is 4.99 Å². The SMILES string of the molecule is CCOC(=O)C1=C(O)C(=Cc2cccc(Oc3ccccc3)c2)SC1=Nc1ccc(Cl)cc1. The molecule has 1 aliphatic heterocycles. The van der Waals surface area contributed by atoms with E-state index in [4.69, 9.17) is 21.1 Å². The first-order chi connectivity index (χ1) is 16.0. The van der Waals surface area contributed by atoms with Gasteiger partial charge in [0.25, 0.3) is 0 Å². The lowest BCUT2D eigenvalue weighted by atomic mass is 10.1. The zero-order valence-corrected chi connectivity index (χ0v) is 19.3. The van der Waals surface area contributed by atoms with Gasteiger partial charge in [0.2, 0.25) is 0 Å². The maximum Gasteiger partial charge on any atom is 0.344 e. The van der Waals surface area contributed by atoms with E-state index in [0.717, 1.165) is 11.3 Å². The van der Waals surface area contributed by atoms with Crippen LogP contribution < -0.4 is 4.74 Å². The molecule has 1 aliphatic rings. The number of carbonyl (C=O) groups excluding carboxylic acids is 1. The van der Waals surface area contributed by atoms with Gasteiger partial charge in [-0.15, -0.1) is 0 Å². The second kappa shape index (κ2) is 10.4. The molecule has 166 valence electrons. The van der Waals surface area contributed by atoms with Crippen LogP contribution in [-0.2, 0) is 9.53 Å². The molecule has 0 unspecified atom stereocenters. The summed E-state index contributed by atoms with van der Waals surface area (Å²) in [4.78, 5) is 17.6. The lowest BCUT2D eigenvalue weighted by Crippen LogP contribution is -2.12. The number of halogens is 1. The Bertz CT molecular complexity index is 1250. The Balaban J connectivity index is 1.66. The molecule has 1 heterocycles. The summed E-state index contributed by atoms with van der Waals surface area (Å²) in [5.41, 5.74) is 1.45. The van der Waals surface area contributed by atoms with E-state index in [1.165, 1.54) is 11.8 Å². The van der Waals surface area contributed by atoms with Gasteiger partial charge < -0.3 is 14.6 Å². The Labute approximate surface area is 201 Å². The van der Waals surface area contributed by atoms with E-state index in [1.54, 1.807) is 37.3 Å². The number of benzene rings is 3. The van der Waals surface area contributed by atoms with Gasteiger partial charge in [-0.1, -0.05) is 53.7 Å². The number of para-hydroxylation sites is 1. The minimum atomic E-state index is -0.625. The van der Waals surface area contributed by atoms with Gasteiger partial charge in [0.15, 0.2) is 0 Å². The number of nitrogens with zero attached hydrogens (tertiary/aromatic N) is 1. The largest absolute Gasteiger partial charge is 0.506 e. The summed E-state index contributed by atoms with van der Waals surface area (Å²) in [5.74, 6) is 0.588. The van der Waals surface area contributed by atoms with Crippen molar-refractivity contribution in [1.29, 1.82) is 0 Å². The second-order valence-corrected chi connectivity index (χ2v) is 8.40. The third-order valence-electron chi connectivity index (χ3n) is 4.56. The van der Waals surface area contributed by atoms with Crippen molar-refractivity contribution >= 4 is 46.1 Å². The van der Waals surface area contributed by atoms with Crippen LogP contribution in [0.4, 0.5) is 5.69 Å². The molecule has 1 N–H and O–H groups in total. The van der Waals surface area contributed by atoms with E-state index in [-0.39, 0.29) is 17.9 Å². The molecule has 0 aliphatic carbocycles. The second-order valence-electron chi connectivity index (χ2n) is 6.94. The molecule has 0 saturated heterocycles. The summed E-state index contributed by atoms with van der Waals surface area (Å²) >= 11 is 7.15. The molecule has 0 bridgehead atoms. The highest BCUT2D eigenvalue weighted by Crippen LogP contribution is 2.40. The van der Waals surface area contributed by atoms with Crippen molar-refractivity contribution in [2.45, 2.75) is 6.92 Å². The molecule has 3 aromatic carbocycles. The van der Waals surface area contributed by atoms with E-state index in [9.17, 15) is 9.90 Å². The minimum absolute atomic E-state index is 0.0414. The molecule has 0 fully saturated rings. The number of thioether (sulfide) groups is 1. The number of aliphatic hydroxyl groups is 1. The predicted molar refractivity (Wildman–Crippen MR) is 133 cm³/mol. The highest BCUT2D eigenvalue weighted by Gasteiger charge is 2.33. The van der Waals surface area contributed by atoms with Gasteiger partial charge in [-0.25, -0.2) is 9.79 Å².